The highest BCUT2D eigenvalue weighted by Crippen LogP contribution is 2.30. The quantitative estimate of drug-likeness (QED) is 0.831. The number of thioether (sulfide) groups is 1. The third-order valence-corrected chi connectivity index (χ3v) is 5.28. The molecule has 25 heavy (non-hydrogen) atoms. The van der Waals surface area contributed by atoms with Crippen molar-refractivity contribution in [2.45, 2.75) is 32.7 Å². The molecule has 2 rings (SSSR count). The van der Waals surface area contributed by atoms with Crippen molar-refractivity contribution >= 4 is 34.7 Å². The normalized spacial score (nSPS) is 21.2. The van der Waals surface area contributed by atoms with Crippen molar-refractivity contribution in [2.24, 2.45) is 11.8 Å². The van der Waals surface area contributed by atoms with Crippen molar-refractivity contribution in [3.8, 4) is 0 Å². The van der Waals surface area contributed by atoms with Gasteiger partial charge in [0, 0.05) is 24.5 Å². The van der Waals surface area contributed by atoms with Crippen molar-refractivity contribution < 1.29 is 24.3 Å². The summed E-state index contributed by atoms with van der Waals surface area (Å²) in [6.45, 7) is 3.01. The summed E-state index contributed by atoms with van der Waals surface area (Å²) in [4.78, 5) is 48.8. The predicted molar refractivity (Wildman–Crippen MR) is 93.8 cm³/mol. The molecule has 1 aromatic rings. The Kier molecular flexibility index (Phi) is 6.36. The average molecular weight is 363 g/mol. The fraction of sp³-hybridized carbons (Fsp3) is 0.444. The van der Waals surface area contributed by atoms with Gasteiger partial charge >= 0.3 is 5.97 Å². The van der Waals surface area contributed by atoms with Crippen LogP contribution < -0.4 is 0 Å². The first-order valence-corrected chi connectivity index (χ1v) is 9.06. The summed E-state index contributed by atoms with van der Waals surface area (Å²) >= 11 is 0.996. The zero-order chi connectivity index (χ0) is 18.6. The highest BCUT2D eigenvalue weighted by molar-refractivity contribution is 8.13. The van der Waals surface area contributed by atoms with Crippen LogP contribution in [0.4, 0.5) is 0 Å². The minimum atomic E-state index is -1.18. The lowest BCUT2D eigenvalue weighted by Gasteiger charge is -2.23. The molecule has 1 saturated heterocycles. The number of imide groups is 1. The molecule has 0 aromatic heterocycles. The van der Waals surface area contributed by atoms with Gasteiger partial charge in [-0.25, -0.2) is 4.79 Å². The van der Waals surface area contributed by atoms with Crippen LogP contribution in [0.25, 0.3) is 0 Å². The van der Waals surface area contributed by atoms with Gasteiger partial charge in [0.2, 0.25) is 11.8 Å². The van der Waals surface area contributed by atoms with Gasteiger partial charge in [0.1, 0.15) is 6.04 Å². The first-order valence-electron chi connectivity index (χ1n) is 8.08. The number of hydrogen-bond donors (Lipinski definition) is 1. The van der Waals surface area contributed by atoms with Gasteiger partial charge in [0.05, 0.1) is 0 Å². The van der Waals surface area contributed by atoms with Crippen LogP contribution in [0.5, 0.6) is 0 Å². The second kappa shape index (κ2) is 8.29. The summed E-state index contributed by atoms with van der Waals surface area (Å²) in [5.41, 5.74) is 0.930. The molecule has 0 radical (unpaired) electrons. The minimum absolute atomic E-state index is 0.112. The summed E-state index contributed by atoms with van der Waals surface area (Å²) in [6, 6.07) is 8.18. The van der Waals surface area contributed by atoms with Gasteiger partial charge < -0.3 is 5.11 Å². The number of rotatable bonds is 6. The largest absolute Gasteiger partial charge is 0.480 e. The SMILES string of the molecule is CC(=O)SC[C@@H](C)C(=O)N1C(=O)[C@H](Cc2ccccc2)C[C@H]1C(=O)O. The summed E-state index contributed by atoms with van der Waals surface area (Å²) in [6.07, 6.45) is 0.519. The Morgan fingerprint density at radius 3 is 2.48 bits per heavy atom. The van der Waals surface area contributed by atoms with E-state index in [1.54, 1.807) is 6.92 Å². The molecular formula is C18H21NO5S. The lowest BCUT2D eigenvalue weighted by Crippen LogP contribution is -2.46. The number of carbonyl (C=O) groups excluding carboxylic acids is 3. The molecule has 1 aliphatic rings. The number of aliphatic carboxylic acids is 1. The van der Waals surface area contributed by atoms with E-state index in [1.165, 1.54) is 6.92 Å². The van der Waals surface area contributed by atoms with E-state index in [9.17, 15) is 24.3 Å². The van der Waals surface area contributed by atoms with Crippen molar-refractivity contribution in [1.82, 2.24) is 4.90 Å². The molecule has 1 fully saturated rings. The lowest BCUT2D eigenvalue weighted by molar-refractivity contribution is -0.155. The number of nitrogens with zero attached hydrogens (tertiary/aromatic N) is 1. The summed E-state index contributed by atoms with van der Waals surface area (Å²) in [7, 11) is 0. The molecule has 0 saturated carbocycles. The van der Waals surface area contributed by atoms with Crippen LogP contribution in [0.3, 0.4) is 0 Å². The van der Waals surface area contributed by atoms with E-state index in [-0.39, 0.29) is 17.3 Å². The van der Waals surface area contributed by atoms with Crippen LogP contribution in [0.2, 0.25) is 0 Å². The van der Waals surface area contributed by atoms with Crippen LogP contribution in [0, 0.1) is 11.8 Å². The van der Waals surface area contributed by atoms with Gasteiger partial charge in [-0.1, -0.05) is 49.0 Å². The number of likely N-dealkylation sites (tertiary alicyclic amines) is 1. The third kappa shape index (κ3) is 4.69. The maximum atomic E-state index is 12.7. The number of hydrogen-bond acceptors (Lipinski definition) is 5. The summed E-state index contributed by atoms with van der Waals surface area (Å²) in [5, 5.41) is 9.31. The highest BCUT2D eigenvalue weighted by atomic mass is 32.2. The van der Waals surface area contributed by atoms with Gasteiger partial charge in [-0.05, 0) is 18.4 Å². The van der Waals surface area contributed by atoms with E-state index in [4.69, 9.17) is 0 Å². The molecule has 0 unspecified atom stereocenters. The van der Waals surface area contributed by atoms with Crippen molar-refractivity contribution in [3.63, 3.8) is 0 Å². The number of carboxylic acids is 1. The van der Waals surface area contributed by atoms with Gasteiger partial charge in [-0.3, -0.25) is 19.3 Å². The topological polar surface area (TPSA) is 91.8 Å². The van der Waals surface area contributed by atoms with E-state index in [1.807, 2.05) is 30.3 Å². The first kappa shape index (κ1) is 19.2. The number of carbonyl (C=O) groups is 4. The molecule has 1 heterocycles. The number of carboxylic acid groups (broad SMARTS) is 1. The Hall–Kier alpha value is -2.15. The number of benzene rings is 1. The fourth-order valence-electron chi connectivity index (χ4n) is 2.92. The zero-order valence-corrected chi connectivity index (χ0v) is 15.0. The van der Waals surface area contributed by atoms with Gasteiger partial charge in [0.25, 0.3) is 0 Å². The maximum absolute atomic E-state index is 12.7. The molecule has 1 aliphatic heterocycles. The second-order valence-electron chi connectivity index (χ2n) is 6.23. The van der Waals surface area contributed by atoms with Crippen LogP contribution in [0.1, 0.15) is 25.8 Å². The second-order valence-corrected chi connectivity index (χ2v) is 7.42. The molecule has 6 nitrogen and oxygen atoms in total. The molecule has 0 spiro atoms. The fourth-order valence-corrected chi connectivity index (χ4v) is 3.55. The Morgan fingerprint density at radius 1 is 1.28 bits per heavy atom. The van der Waals surface area contributed by atoms with Crippen molar-refractivity contribution in [3.05, 3.63) is 35.9 Å². The molecule has 1 N–H and O–H groups in total. The van der Waals surface area contributed by atoms with Crippen LogP contribution in [-0.4, -0.2) is 44.7 Å². The van der Waals surface area contributed by atoms with Gasteiger partial charge in [-0.2, -0.15) is 0 Å². The monoisotopic (exact) mass is 363 g/mol. The molecular weight excluding hydrogens is 342 g/mol. The smallest absolute Gasteiger partial charge is 0.326 e. The predicted octanol–water partition coefficient (Wildman–Crippen LogP) is 1.97. The molecule has 2 amide bonds. The van der Waals surface area contributed by atoms with Crippen LogP contribution >= 0.6 is 11.8 Å². The van der Waals surface area contributed by atoms with Gasteiger partial charge in [-0.15, -0.1) is 0 Å². The van der Waals surface area contributed by atoms with E-state index in [2.05, 4.69) is 0 Å². The first-order chi connectivity index (χ1) is 11.8. The lowest BCUT2D eigenvalue weighted by atomic mass is 9.96. The molecule has 134 valence electrons. The molecule has 1 aromatic carbocycles. The van der Waals surface area contributed by atoms with Crippen molar-refractivity contribution in [2.75, 3.05) is 5.75 Å². The molecule has 0 bridgehead atoms. The number of amides is 2. The molecule has 7 heteroatoms. The molecule has 0 aliphatic carbocycles. The Morgan fingerprint density at radius 2 is 1.92 bits per heavy atom. The van der Waals surface area contributed by atoms with E-state index >= 15 is 0 Å². The molecule has 3 atom stereocenters. The Bertz CT molecular complexity index is 675. The van der Waals surface area contributed by atoms with E-state index in [0.29, 0.717) is 6.42 Å². The average Bonchev–Trinajstić information content (AvgIpc) is 2.89. The van der Waals surface area contributed by atoms with Crippen molar-refractivity contribution in [1.29, 1.82) is 0 Å². The maximum Gasteiger partial charge on any atom is 0.326 e. The van der Waals surface area contributed by atoms with E-state index in [0.717, 1.165) is 22.2 Å². The summed E-state index contributed by atoms with van der Waals surface area (Å²) in [5.74, 6) is -3.05. The standard InChI is InChI=1S/C18H21NO5S/c1-11(10-25-12(2)20)16(21)19-15(18(23)24)9-14(17(19)22)8-13-6-4-3-5-7-13/h3-7,11,14-15H,8-10H2,1-2H3,(H,23,24)/t11-,14-,15+/m1/s1. The Labute approximate surface area is 150 Å². The van der Waals surface area contributed by atoms with Gasteiger partial charge in [0.15, 0.2) is 5.12 Å². The zero-order valence-electron chi connectivity index (χ0n) is 14.2. The Balaban J connectivity index is 2.14. The minimum Gasteiger partial charge on any atom is -0.480 e. The van der Waals surface area contributed by atoms with Crippen LogP contribution in [0.15, 0.2) is 30.3 Å². The third-order valence-electron chi connectivity index (χ3n) is 4.21. The van der Waals surface area contributed by atoms with E-state index < -0.39 is 35.7 Å². The van der Waals surface area contributed by atoms with Crippen LogP contribution in [-0.2, 0) is 25.6 Å². The highest BCUT2D eigenvalue weighted by Gasteiger charge is 2.47. The summed E-state index contributed by atoms with van der Waals surface area (Å²) < 4.78 is 0.